The van der Waals surface area contributed by atoms with Crippen LogP contribution in [0.4, 0.5) is 0 Å². The first kappa shape index (κ1) is 17.9. The molecule has 0 unspecified atom stereocenters. The van der Waals surface area contributed by atoms with Crippen LogP contribution in [0.15, 0.2) is 20.3 Å². The number of methoxy groups -OCH3 is 1. The number of ether oxygens (including phenoxy) is 2. The number of rotatable bonds is 6. The molecule has 1 saturated heterocycles. The van der Waals surface area contributed by atoms with Crippen molar-refractivity contribution in [3.8, 4) is 0 Å². The van der Waals surface area contributed by atoms with E-state index in [1.165, 1.54) is 13.3 Å². The van der Waals surface area contributed by atoms with Gasteiger partial charge < -0.3 is 14.8 Å². The van der Waals surface area contributed by atoms with Gasteiger partial charge in [-0.25, -0.2) is 4.79 Å². The van der Waals surface area contributed by atoms with Gasteiger partial charge in [0.05, 0.1) is 36.4 Å². The zero-order chi connectivity index (χ0) is 17.2. The minimum absolute atomic E-state index is 0.130. The Bertz CT molecular complexity index is 707. The van der Waals surface area contributed by atoms with Crippen molar-refractivity contribution in [2.45, 2.75) is 32.0 Å². The molecule has 23 heavy (non-hydrogen) atoms. The summed E-state index contributed by atoms with van der Waals surface area (Å²) in [5, 5.41) is 3.30. The van der Waals surface area contributed by atoms with Gasteiger partial charge in [-0.2, -0.15) is 0 Å². The average molecular weight is 390 g/mol. The molecule has 0 aromatic carbocycles. The average Bonchev–Trinajstić information content (AvgIpc) is 2.48. The van der Waals surface area contributed by atoms with Gasteiger partial charge in [0.15, 0.2) is 0 Å². The van der Waals surface area contributed by atoms with Crippen LogP contribution in [0.1, 0.15) is 19.9 Å². The van der Waals surface area contributed by atoms with Crippen LogP contribution < -0.4 is 16.6 Å². The van der Waals surface area contributed by atoms with Crippen molar-refractivity contribution in [2.24, 2.45) is 0 Å². The SMILES string of the molecule is COC(=O)Cn1cc(Br)c(=O)n([C@@H](C)CNC2(C)COC2)c1=O. The van der Waals surface area contributed by atoms with Gasteiger partial charge in [-0.15, -0.1) is 0 Å². The number of hydrogen-bond donors (Lipinski definition) is 1. The van der Waals surface area contributed by atoms with E-state index in [1.54, 1.807) is 6.92 Å². The normalized spacial score (nSPS) is 17.4. The fourth-order valence-electron chi connectivity index (χ4n) is 2.29. The highest BCUT2D eigenvalue weighted by Gasteiger charge is 2.33. The fourth-order valence-corrected chi connectivity index (χ4v) is 2.73. The lowest BCUT2D eigenvalue weighted by atomic mass is 10.0. The predicted molar refractivity (Wildman–Crippen MR) is 86.6 cm³/mol. The van der Waals surface area contributed by atoms with Gasteiger partial charge in [-0.05, 0) is 29.8 Å². The smallest absolute Gasteiger partial charge is 0.331 e. The molecular formula is C14H20BrN3O5. The number of carbonyl (C=O) groups excluding carboxylic acids is 1. The summed E-state index contributed by atoms with van der Waals surface area (Å²) in [4.78, 5) is 36.2. The topological polar surface area (TPSA) is 91.6 Å². The number of nitrogens with one attached hydrogen (secondary N) is 1. The molecule has 0 saturated carbocycles. The fraction of sp³-hybridized carbons (Fsp3) is 0.643. The molecule has 2 heterocycles. The zero-order valence-electron chi connectivity index (χ0n) is 13.3. The van der Waals surface area contributed by atoms with E-state index in [9.17, 15) is 14.4 Å². The summed E-state index contributed by atoms with van der Waals surface area (Å²) in [6.07, 6.45) is 1.30. The molecule has 1 aromatic heterocycles. The van der Waals surface area contributed by atoms with Crippen LogP contribution in [0, 0.1) is 0 Å². The molecule has 128 valence electrons. The van der Waals surface area contributed by atoms with Crippen LogP contribution in [-0.2, 0) is 20.8 Å². The van der Waals surface area contributed by atoms with Gasteiger partial charge >= 0.3 is 11.7 Å². The lowest BCUT2D eigenvalue weighted by molar-refractivity contribution is -0.141. The molecule has 1 aliphatic rings. The van der Waals surface area contributed by atoms with Gasteiger partial charge in [0.25, 0.3) is 5.56 Å². The van der Waals surface area contributed by atoms with Crippen molar-refractivity contribution in [3.05, 3.63) is 31.5 Å². The van der Waals surface area contributed by atoms with E-state index >= 15 is 0 Å². The summed E-state index contributed by atoms with van der Waals surface area (Å²) in [7, 11) is 1.24. The Balaban J connectivity index is 2.27. The van der Waals surface area contributed by atoms with E-state index < -0.39 is 17.2 Å². The summed E-state index contributed by atoms with van der Waals surface area (Å²) in [5.41, 5.74) is -1.11. The summed E-state index contributed by atoms with van der Waals surface area (Å²) in [6, 6.07) is -0.381. The van der Waals surface area contributed by atoms with E-state index in [0.29, 0.717) is 19.8 Å². The van der Waals surface area contributed by atoms with Crippen molar-refractivity contribution in [1.82, 2.24) is 14.5 Å². The van der Waals surface area contributed by atoms with Gasteiger partial charge in [-0.1, -0.05) is 0 Å². The van der Waals surface area contributed by atoms with E-state index in [4.69, 9.17) is 4.74 Å². The summed E-state index contributed by atoms with van der Waals surface area (Å²) in [6.45, 7) is 5.17. The quantitative estimate of drug-likeness (QED) is 0.682. The molecule has 9 heteroatoms. The van der Waals surface area contributed by atoms with Crippen molar-refractivity contribution in [2.75, 3.05) is 26.9 Å². The minimum atomic E-state index is -0.561. The van der Waals surface area contributed by atoms with Crippen LogP contribution in [0.25, 0.3) is 0 Å². The molecule has 1 N–H and O–H groups in total. The van der Waals surface area contributed by atoms with Crippen molar-refractivity contribution < 1.29 is 14.3 Å². The standard InChI is InChI=1S/C14H20BrN3O5/c1-9(4-16-14(2)7-23-8-14)18-12(20)10(15)5-17(13(18)21)6-11(19)22-3/h5,9,16H,4,6-8H2,1-3H3/t9-/m0/s1. The van der Waals surface area contributed by atoms with E-state index in [1.807, 2.05) is 6.92 Å². The van der Waals surface area contributed by atoms with Crippen LogP contribution >= 0.6 is 15.9 Å². The molecule has 8 nitrogen and oxygen atoms in total. The third-order valence-corrected chi connectivity index (χ3v) is 4.32. The van der Waals surface area contributed by atoms with Gasteiger partial charge in [0, 0.05) is 12.7 Å². The highest BCUT2D eigenvalue weighted by atomic mass is 79.9. The molecule has 0 amide bonds. The molecule has 2 rings (SSSR count). The third-order valence-electron chi connectivity index (χ3n) is 3.78. The summed E-state index contributed by atoms with van der Waals surface area (Å²) < 4.78 is 12.2. The maximum absolute atomic E-state index is 12.5. The molecule has 1 aliphatic heterocycles. The van der Waals surface area contributed by atoms with Crippen molar-refractivity contribution >= 4 is 21.9 Å². The second-order valence-electron chi connectivity index (χ2n) is 5.92. The molecule has 0 radical (unpaired) electrons. The van der Waals surface area contributed by atoms with Gasteiger partial charge in [0.1, 0.15) is 6.54 Å². The second-order valence-corrected chi connectivity index (χ2v) is 6.78. The number of halogens is 1. The summed E-state index contributed by atoms with van der Waals surface area (Å²) in [5.74, 6) is -0.561. The molecule has 1 aromatic rings. The first-order chi connectivity index (χ1) is 10.8. The number of nitrogens with zero attached hydrogens (tertiary/aromatic N) is 2. The Morgan fingerprint density at radius 2 is 2.17 bits per heavy atom. The van der Waals surface area contributed by atoms with Crippen LogP contribution in [0.3, 0.4) is 0 Å². The number of aromatic nitrogens is 2. The van der Waals surface area contributed by atoms with Crippen LogP contribution in [-0.4, -0.2) is 47.5 Å². The maximum Gasteiger partial charge on any atom is 0.331 e. The first-order valence-corrected chi connectivity index (χ1v) is 7.98. The molecule has 1 fully saturated rings. The minimum Gasteiger partial charge on any atom is -0.468 e. The van der Waals surface area contributed by atoms with E-state index in [2.05, 4.69) is 26.0 Å². The van der Waals surface area contributed by atoms with Gasteiger partial charge in [0.2, 0.25) is 0 Å². The number of esters is 1. The van der Waals surface area contributed by atoms with Gasteiger partial charge in [-0.3, -0.25) is 18.7 Å². The third kappa shape index (κ3) is 3.91. The largest absolute Gasteiger partial charge is 0.468 e. The Labute approximate surface area is 141 Å². The predicted octanol–water partition coefficient (Wildman–Crippen LogP) is -0.115. The van der Waals surface area contributed by atoms with Crippen molar-refractivity contribution in [1.29, 1.82) is 0 Å². The van der Waals surface area contributed by atoms with E-state index in [-0.39, 0.29) is 22.6 Å². The Hall–Kier alpha value is -1.45. The lowest BCUT2D eigenvalue weighted by Crippen LogP contribution is -2.59. The molecule has 1 atom stereocenters. The van der Waals surface area contributed by atoms with Crippen LogP contribution in [0.5, 0.6) is 0 Å². The van der Waals surface area contributed by atoms with E-state index in [0.717, 1.165) is 9.13 Å². The Kier molecular flexibility index (Phi) is 5.43. The Morgan fingerprint density at radius 1 is 1.52 bits per heavy atom. The highest BCUT2D eigenvalue weighted by molar-refractivity contribution is 9.10. The van der Waals surface area contributed by atoms with Crippen molar-refractivity contribution in [3.63, 3.8) is 0 Å². The summed E-state index contributed by atoms with van der Waals surface area (Å²) >= 11 is 3.14. The Morgan fingerprint density at radius 3 is 2.70 bits per heavy atom. The molecule has 0 aliphatic carbocycles. The maximum atomic E-state index is 12.5. The highest BCUT2D eigenvalue weighted by Crippen LogP contribution is 2.16. The molecule has 0 spiro atoms. The lowest BCUT2D eigenvalue weighted by Gasteiger charge is -2.39. The molecular weight excluding hydrogens is 370 g/mol. The first-order valence-electron chi connectivity index (χ1n) is 7.18. The monoisotopic (exact) mass is 389 g/mol. The zero-order valence-corrected chi connectivity index (χ0v) is 14.9. The second kappa shape index (κ2) is 6.98. The van der Waals surface area contributed by atoms with Crippen LogP contribution in [0.2, 0.25) is 0 Å². The number of carbonyl (C=O) groups is 1. The number of hydrogen-bond acceptors (Lipinski definition) is 6. The molecule has 0 bridgehead atoms.